The molecule has 1 aliphatic heterocycles. The highest BCUT2D eigenvalue weighted by atomic mass is 35.5. The molecule has 46 heavy (non-hydrogen) atoms. The van der Waals surface area contributed by atoms with Gasteiger partial charge in [0, 0.05) is 59.9 Å². The molecule has 4 heterocycles. The summed E-state index contributed by atoms with van der Waals surface area (Å²) in [6.45, 7) is 6.90. The first-order valence-electron chi connectivity index (χ1n) is 15.9. The van der Waals surface area contributed by atoms with E-state index in [1.165, 1.54) is 24.0 Å². The minimum Gasteiger partial charge on any atom is -0.444 e. The topological polar surface area (TPSA) is 121 Å². The average molecular weight is 645 g/mol. The molecule has 1 saturated heterocycles. The number of hydrogen-bond donors (Lipinski definition) is 3. The fourth-order valence-electron chi connectivity index (χ4n) is 5.63. The first kappa shape index (κ1) is 31.8. The highest BCUT2D eigenvalue weighted by Crippen LogP contribution is 2.43. The van der Waals surface area contributed by atoms with E-state index in [2.05, 4.69) is 40.0 Å². The standard InChI is InChI=1S/C26H32N6O4.C9H9Cl/c1-26(2,3)36-25(35)32-12-18(13-32)23(34)21-8-17(16-4-5-16)11-31-14-20(30-24(21)31)10-28-19-6-7-27-22(9-19)29-15-33;10-9-3-1-2-8(6-9)7-4-5-7/h6-9,11,14-16,18,23,34H,4-5,10,12-13H2,1-3H3,(H2,27,28,29,33);1-3,6-7H,4-5H2. The Balaban J connectivity index is 0.000000314. The lowest BCUT2D eigenvalue weighted by Gasteiger charge is -2.42. The molecule has 0 bridgehead atoms. The van der Waals surface area contributed by atoms with E-state index in [9.17, 15) is 14.7 Å². The maximum Gasteiger partial charge on any atom is 0.410 e. The van der Waals surface area contributed by atoms with Crippen molar-refractivity contribution in [2.75, 3.05) is 23.7 Å². The van der Waals surface area contributed by atoms with Crippen LogP contribution in [-0.4, -0.2) is 55.6 Å². The van der Waals surface area contributed by atoms with Gasteiger partial charge in [0.1, 0.15) is 17.1 Å². The number of amides is 2. The number of imidazole rings is 1. The maximum absolute atomic E-state index is 12.3. The molecule has 10 nitrogen and oxygen atoms in total. The van der Waals surface area contributed by atoms with Crippen LogP contribution in [0.3, 0.4) is 0 Å². The predicted molar refractivity (Wildman–Crippen MR) is 178 cm³/mol. The lowest BCUT2D eigenvalue weighted by atomic mass is 9.89. The summed E-state index contributed by atoms with van der Waals surface area (Å²) in [5.74, 6) is 1.73. The summed E-state index contributed by atoms with van der Waals surface area (Å²) in [6, 6.07) is 13.8. The van der Waals surface area contributed by atoms with Crippen molar-refractivity contribution in [3.63, 3.8) is 0 Å². The van der Waals surface area contributed by atoms with E-state index in [1.807, 2.05) is 49.6 Å². The Morgan fingerprint density at radius 3 is 2.50 bits per heavy atom. The minimum atomic E-state index is -0.731. The van der Waals surface area contributed by atoms with Crippen molar-refractivity contribution in [3.05, 3.63) is 88.5 Å². The van der Waals surface area contributed by atoms with Crippen LogP contribution in [0.4, 0.5) is 16.3 Å². The van der Waals surface area contributed by atoms with Gasteiger partial charge in [-0.25, -0.2) is 14.8 Å². The van der Waals surface area contributed by atoms with E-state index in [0.717, 1.165) is 46.4 Å². The lowest BCUT2D eigenvalue weighted by molar-refractivity contribution is -0.105. The minimum absolute atomic E-state index is 0.0744. The van der Waals surface area contributed by atoms with Gasteiger partial charge in [-0.2, -0.15) is 0 Å². The summed E-state index contributed by atoms with van der Waals surface area (Å²) >= 11 is 5.82. The fraction of sp³-hybridized carbons (Fsp3) is 0.429. The number of aromatic nitrogens is 3. The zero-order chi connectivity index (χ0) is 32.4. The number of nitrogens with one attached hydrogen (secondary N) is 2. The molecule has 3 aliphatic rings. The number of benzene rings is 1. The highest BCUT2D eigenvalue weighted by molar-refractivity contribution is 6.30. The van der Waals surface area contributed by atoms with Gasteiger partial charge >= 0.3 is 6.09 Å². The molecule has 3 fully saturated rings. The number of pyridine rings is 2. The van der Waals surface area contributed by atoms with Gasteiger partial charge in [-0.05, 0) is 93.7 Å². The number of rotatable bonds is 9. The SMILES string of the molecule is CC(C)(C)OC(=O)N1CC(C(O)c2cc(C3CC3)cn3cc(CNc4ccnc(NC=O)c4)nc23)C1.Clc1cccc(C2CC2)c1. The van der Waals surface area contributed by atoms with Gasteiger partial charge in [-0.3, -0.25) is 4.79 Å². The van der Waals surface area contributed by atoms with Crippen molar-refractivity contribution in [2.24, 2.45) is 5.92 Å². The number of aliphatic hydroxyl groups is 1. The highest BCUT2D eigenvalue weighted by Gasteiger charge is 2.39. The van der Waals surface area contributed by atoms with Crippen molar-refractivity contribution in [3.8, 4) is 0 Å². The smallest absolute Gasteiger partial charge is 0.410 e. The van der Waals surface area contributed by atoms with Crippen molar-refractivity contribution >= 4 is 41.3 Å². The molecule has 11 heteroatoms. The number of anilines is 2. The molecule has 2 amide bonds. The van der Waals surface area contributed by atoms with E-state index < -0.39 is 11.7 Å². The molecule has 0 radical (unpaired) electrons. The van der Waals surface area contributed by atoms with Crippen molar-refractivity contribution in [1.82, 2.24) is 19.3 Å². The zero-order valence-electron chi connectivity index (χ0n) is 26.4. The molecule has 3 aromatic heterocycles. The Bertz CT molecular complexity index is 1700. The van der Waals surface area contributed by atoms with Gasteiger partial charge in [0.05, 0.1) is 18.3 Å². The second-order valence-electron chi connectivity index (χ2n) is 13.4. The van der Waals surface area contributed by atoms with Gasteiger partial charge in [0.2, 0.25) is 6.41 Å². The van der Waals surface area contributed by atoms with Gasteiger partial charge in [-0.1, -0.05) is 23.7 Å². The average Bonchev–Trinajstić information content (AvgIpc) is 3.91. The van der Waals surface area contributed by atoms with Crippen LogP contribution < -0.4 is 10.6 Å². The first-order valence-corrected chi connectivity index (χ1v) is 16.3. The number of hydrogen-bond acceptors (Lipinski definition) is 7. The van der Waals surface area contributed by atoms with Crippen LogP contribution in [0.25, 0.3) is 5.65 Å². The Labute approximate surface area is 274 Å². The van der Waals surface area contributed by atoms with E-state index in [0.29, 0.717) is 37.8 Å². The summed E-state index contributed by atoms with van der Waals surface area (Å²) in [5, 5.41) is 18.0. The molecule has 2 saturated carbocycles. The van der Waals surface area contributed by atoms with E-state index >= 15 is 0 Å². The summed E-state index contributed by atoms with van der Waals surface area (Å²) in [7, 11) is 0. The maximum atomic E-state index is 12.3. The molecule has 4 aromatic rings. The summed E-state index contributed by atoms with van der Waals surface area (Å²) in [4.78, 5) is 33.5. The normalized spacial score (nSPS) is 17.0. The van der Waals surface area contributed by atoms with E-state index in [1.54, 1.807) is 17.2 Å². The number of carbonyl (C=O) groups excluding carboxylic acids is 2. The van der Waals surface area contributed by atoms with Crippen LogP contribution in [0.2, 0.25) is 5.02 Å². The number of likely N-dealkylation sites (tertiary alicyclic amines) is 1. The van der Waals surface area contributed by atoms with Crippen LogP contribution in [0, 0.1) is 5.92 Å². The molecule has 3 N–H and O–H groups in total. The van der Waals surface area contributed by atoms with Gasteiger partial charge in [0.25, 0.3) is 0 Å². The molecule has 242 valence electrons. The summed E-state index contributed by atoms with van der Waals surface area (Å²) in [5.41, 5.74) is 5.21. The van der Waals surface area contributed by atoms with Crippen molar-refractivity contribution < 1.29 is 19.4 Å². The fourth-order valence-corrected chi connectivity index (χ4v) is 5.83. The number of aliphatic hydroxyl groups excluding tert-OH is 1. The van der Waals surface area contributed by atoms with Crippen LogP contribution in [0.15, 0.2) is 61.1 Å². The summed E-state index contributed by atoms with van der Waals surface area (Å²) < 4.78 is 7.45. The molecule has 2 aliphatic carbocycles. The van der Waals surface area contributed by atoms with E-state index in [4.69, 9.17) is 21.3 Å². The molecule has 7 rings (SSSR count). The third kappa shape index (κ3) is 7.97. The van der Waals surface area contributed by atoms with Gasteiger partial charge in [-0.15, -0.1) is 0 Å². The molecule has 1 atom stereocenters. The number of ether oxygens (including phenoxy) is 1. The molecular weight excluding hydrogens is 604 g/mol. The van der Waals surface area contributed by atoms with Gasteiger partial charge in [0.15, 0.2) is 0 Å². The second-order valence-corrected chi connectivity index (χ2v) is 13.9. The summed E-state index contributed by atoms with van der Waals surface area (Å²) in [6.07, 6.45) is 10.2. The Kier molecular flexibility index (Phi) is 9.20. The zero-order valence-corrected chi connectivity index (χ0v) is 27.2. The van der Waals surface area contributed by atoms with E-state index in [-0.39, 0.29) is 12.0 Å². The number of fused-ring (bicyclic) bond motifs is 1. The van der Waals surface area contributed by atoms with Crippen LogP contribution in [-0.2, 0) is 16.1 Å². The third-order valence-electron chi connectivity index (χ3n) is 8.36. The third-order valence-corrected chi connectivity index (χ3v) is 8.60. The van der Waals surface area contributed by atoms with Crippen molar-refractivity contribution in [2.45, 2.75) is 76.5 Å². The molecule has 1 aromatic carbocycles. The Morgan fingerprint density at radius 1 is 1.09 bits per heavy atom. The van der Waals surface area contributed by atoms with Crippen molar-refractivity contribution in [1.29, 1.82) is 0 Å². The monoisotopic (exact) mass is 644 g/mol. The predicted octanol–water partition coefficient (Wildman–Crippen LogP) is 6.90. The second kappa shape index (κ2) is 13.3. The van der Waals surface area contributed by atoms with Crippen LogP contribution in [0.1, 0.15) is 86.8 Å². The number of carbonyl (C=O) groups is 2. The lowest BCUT2D eigenvalue weighted by Crippen LogP contribution is -2.53. The Hall–Kier alpha value is -4.15. The number of halogens is 1. The molecular formula is C35H41ClN6O4. The van der Waals surface area contributed by atoms with Gasteiger partial charge < -0.3 is 29.8 Å². The molecule has 1 unspecified atom stereocenters. The number of nitrogens with zero attached hydrogens (tertiary/aromatic N) is 4. The van der Waals surface area contributed by atoms with Crippen LogP contribution in [0.5, 0.6) is 0 Å². The van der Waals surface area contributed by atoms with Crippen LogP contribution >= 0.6 is 11.6 Å². The largest absolute Gasteiger partial charge is 0.444 e. The molecule has 0 spiro atoms. The first-order chi connectivity index (χ1) is 22.1. The Morgan fingerprint density at radius 2 is 1.83 bits per heavy atom. The quantitative estimate of drug-likeness (QED) is 0.169.